The molecular formula is C14H36Cl2N10O8Pt2-8. The number of rotatable bonds is 12. The van der Waals surface area contributed by atoms with Gasteiger partial charge in [0.05, 0.1) is 10.2 Å². The number of nitrogens with zero attached hydrogens (tertiary/aromatic N) is 2. The van der Waals surface area contributed by atoms with Crippen molar-refractivity contribution in [1.29, 1.82) is 0 Å². The van der Waals surface area contributed by atoms with Crippen molar-refractivity contribution in [1.82, 2.24) is 10.6 Å². The van der Waals surface area contributed by atoms with Crippen LogP contribution < -0.4 is 10.6 Å². The van der Waals surface area contributed by atoms with E-state index in [0.717, 1.165) is 51.4 Å². The van der Waals surface area contributed by atoms with Crippen LogP contribution in [-0.4, -0.2) is 48.2 Å². The molecule has 0 aliphatic rings. The molecule has 0 fully saturated rings. The zero-order chi connectivity index (χ0) is 26.2. The van der Waals surface area contributed by atoms with Crippen molar-refractivity contribution in [3.05, 3.63) is 66.7 Å². The van der Waals surface area contributed by atoms with E-state index < -0.39 is 22.0 Å². The third-order valence-electron chi connectivity index (χ3n) is 2.98. The molecule has 0 rings (SSSR count). The van der Waals surface area contributed by atoms with Gasteiger partial charge in [-0.25, -0.2) is 0 Å². The van der Waals surface area contributed by atoms with Crippen molar-refractivity contribution in [2.75, 3.05) is 26.2 Å². The van der Waals surface area contributed by atoms with Crippen LogP contribution in [0, 0.1) is 30.6 Å². The van der Waals surface area contributed by atoms with Gasteiger partial charge in [0.25, 0.3) is 0 Å². The monoisotopic (exact) mass is 932 g/mol. The maximum atomic E-state index is 11.4. The largest absolute Gasteiger partial charge is 0.693 e. The Balaban J connectivity index is -0.0000000553. The summed E-state index contributed by atoms with van der Waals surface area (Å²) in [4.78, 5) is 39.3. The zero-order valence-corrected chi connectivity index (χ0v) is 25.4. The van der Waals surface area contributed by atoms with E-state index in [1.165, 1.54) is 0 Å². The number of hydrogen-bond acceptors (Lipinski definition) is 8. The number of unbranched alkanes of at least 4 members (excludes halogenated alkanes) is 6. The van der Waals surface area contributed by atoms with Crippen LogP contribution in [0.2, 0.25) is 0 Å². The van der Waals surface area contributed by atoms with Gasteiger partial charge in [-0.3, -0.25) is 9.59 Å². The number of nitrogens with two attached hydrogens (primary N) is 4. The average molecular weight is 934 g/mol. The van der Waals surface area contributed by atoms with Crippen LogP contribution in [0.5, 0.6) is 0 Å². The third kappa shape index (κ3) is 93.5. The maximum absolute atomic E-state index is 11.4. The number of halogens is 2. The van der Waals surface area contributed by atoms with Gasteiger partial charge in [0, 0.05) is 13.1 Å². The van der Waals surface area contributed by atoms with E-state index >= 15 is 0 Å². The second-order valence-corrected chi connectivity index (χ2v) is 5.29. The molecule has 0 unspecified atom stereocenters. The Morgan fingerprint density at radius 1 is 0.583 bits per heavy atom. The summed E-state index contributed by atoms with van der Waals surface area (Å²) in [7, 11) is 9.22. The minimum absolute atomic E-state index is 0. The molecule has 0 aliphatic heterocycles. The van der Waals surface area contributed by atoms with Crippen molar-refractivity contribution >= 4 is 30.7 Å². The minimum atomic E-state index is -1.75. The maximum Gasteiger partial charge on any atom is 0.309 e. The molecule has 0 radical (unpaired) electrons. The van der Waals surface area contributed by atoms with Crippen molar-refractivity contribution in [2.45, 2.75) is 51.4 Å². The van der Waals surface area contributed by atoms with Gasteiger partial charge >= 0.3 is 68.2 Å². The van der Waals surface area contributed by atoms with Gasteiger partial charge in [0.15, 0.2) is 0 Å². The molecule has 22 heteroatoms. The van der Waals surface area contributed by atoms with E-state index in [2.05, 4.69) is 29.5 Å². The minimum Gasteiger partial charge on any atom is -0.693 e. The van der Waals surface area contributed by atoms with Gasteiger partial charge in [-0.2, -0.15) is 13.1 Å². The molecule has 0 aliphatic carbocycles. The molecule has 2 amide bonds. The molecule has 232 valence electrons. The molecule has 0 aromatic heterocycles. The van der Waals surface area contributed by atoms with Crippen LogP contribution in [-0.2, 0) is 47.1 Å². The second kappa shape index (κ2) is 59.3. The van der Waals surface area contributed by atoms with Crippen molar-refractivity contribution in [2.24, 2.45) is 0 Å². The predicted octanol–water partition coefficient (Wildman–Crippen LogP) is 6.21. The summed E-state index contributed by atoms with van der Waals surface area (Å²) in [5.74, 6) is -1.12. The fraction of sp³-hybridized carbons (Fsp3) is 0.857. The first kappa shape index (κ1) is 59.9. The fourth-order valence-electron chi connectivity index (χ4n) is 1.77. The Kier molecular flexibility index (Phi) is 98.6. The quantitative estimate of drug-likeness (QED) is 0.0978. The molecule has 0 aromatic carbocycles. The average Bonchev–Trinajstić information content (AvgIpc) is 2.75. The van der Waals surface area contributed by atoms with E-state index in [1.54, 1.807) is 37.5 Å². The molecule has 0 saturated carbocycles. The molecule has 18 nitrogen and oxygen atoms in total. The van der Waals surface area contributed by atoms with E-state index in [1.807, 2.05) is 0 Å². The zero-order valence-electron chi connectivity index (χ0n) is 19.3. The van der Waals surface area contributed by atoms with E-state index in [0.29, 0.717) is 26.2 Å². The normalized spacial score (nSPS) is 7.44. The van der Waals surface area contributed by atoms with Gasteiger partial charge < -0.3 is 77.3 Å². The fourth-order valence-corrected chi connectivity index (χ4v) is 1.77. The summed E-state index contributed by atoms with van der Waals surface area (Å²) in [6, 6.07) is 0. The van der Waals surface area contributed by atoms with Crippen LogP contribution in [0.4, 0.5) is 0 Å². The van der Waals surface area contributed by atoms with Gasteiger partial charge in [0.2, 0.25) is 0 Å². The topological polar surface area (TPSA) is 372 Å². The Morgan fingerprint density at radius 3 is 0.972 bits per heavy atom. The predicted molar refractivity (Wildman–Crippen MR) is 135 cm³/mol. The number of carbonyl (C=O) groups is 2. The van der Waals surface area contributed by atoms with Crippen LogP contribution in [0.1, 0.15) is 51.4 Å². The van der Waals surface area contributed by atoms with Gasteiger partial charge in [0.1, 0.15) is 0 Å². The first-order valence-electron chi connectivity index (χ1n) is 8.91. The Labute approximate surface area is 241 Å². The van der Waals surface area contributed by atoms with Crippen LogP contribution in [0.15, 0.2) is 0 Å². The number of nitrogens with one attached hydrogen (secondary N) is 4. The number of amides is 2. The summed E-state index contributed by atoms with van der Waals surface area (Å²) in [6.07, 6.45) is 7.48. The van der Waals surface area contributed by atoms with Gasteiger partial charge in [-0.15, -0.1) is 0 Å². The standard InChI is InChI=1S/C14H28N4O2.2ClH.2NO3.4H2N.2Pt/c15-9-5-1-3-7-11-17-13(19)14(20)18-12-8-4-2-6-10-16;;;2*2-1(3)4;;;;;;/h15-16H,1-12H2,(H,17,19)(H,18,20);2*1H;;;4*1H2;;/q-2;;;6*-1;2*+1/p-2. The second-order valence-electron chi connectivity index (χ2n) is 5.29. The van der Waals surface area contributed by atoms with Crippen molar-refractivity contribution in [3.63, 3.8) is 0 Å². The first-order valence-corrected chi connectivity index (χ1v) is 14.5. The molecule has 0 saturated heterocycles. The van der Waals surface area contributed by atoms with Crippen molar-refractivity contribution in [3.8, 4) is 0 Å². The molecule has 0 atom stereocenters. The number of hydrogen-bond donors (Lipinski definition) is 2. The molecular weight excluding hydrogens is 897 g/mol. The summed E-state index contributed by atoms with van der Waals surface area (Å²) in [5, 5.41) is 34.7. The molecule has 12 N–H and O–H groups in total. The Hall–Kier alpha value is -0.943. The molecule has 0 aromatic rings. The molecule has 36 heavy (non-hydrogen) atoms. The molecule has 0 heterocycles. The van der Waals surface area contributed by atoms with Crippen LogP contribution >= 0.6 is 18.8 Å². The van der Waals surface area contributed by atoms with E-state index in [4.69, 9.17) is 42.1 Å². The third-order valence-corrected chi connectivity index (χ3v) is 2.98. The SMILES string of the molecule is O=[N+]([O-])[O-].O=[N+]([O-])[O-].[Cl][Pt].[Cl][Pt].[NH-]CCCCCCNC(=O)C(=O)NCCCCCC[NH-].[NH2-].[NH2-].[NH2-].[NH2-]. The first-order chi connectivity index (χ1) is 15.2. The Bertz CT molecular complexity index is 408. The van der Waals surface area contributed by atoms with Crippen molar-refractivity contribution < 1.29 is 57.3 Å². The summed E-state index contributed by atoms with van der Waals surface area (Å²) in [5.41, 5.74) is 14.0. The number of carbonyl (C=O) groups excluding carboxylic acids is 2. The molecule has 0 spiro atoms. The van der Waals surface area contributed by atoms with E-state index in [-0.39, 0.29) is 24.6 Å². The van der Waals surface area contributed by atoms with Crippen LogP contribution in [0.3, 0.4) is 0 Å². The Morgan fingerprint density at radius 2 is 0.778 bits per heavy atom. The van der Waals surface area contributed by atoms with E-state index in [9.17, 15) is 9.59 Å². The summed E-state index contributed by atoms with van der Waals surface area (Å²) >= 11 is 3.22. The van der Waals surface area contributed by atoms with Gasteiger partial charge in [-0.1, -0.05) is 38.5 Å². The summed E-state index contributed by atoms with van der Waals surface area (Å²) < 4.78 is 0. The smallest absolute Gasteiger partial charge is 0.309 e. The van der Waals surface area contributed by atoms with Crippen LogP contribution in [0.25, 0.3) is 36.1 Å². The van der Waals surface area contributed by atoms with Gasteiger partial charge in [-0.05, 0) is 12.8 Å². The summed E-state index contributed by atoms with van der Waals surface area (Å²) in [6.45, 7) is 1.95. The molecule has 0 bridgehead atoms.